The van der Waals surface area contributed by atoms with Crippen LogP contribution in [0.5, 0.6) is 0 Å². The van der Waals surface area contributed by atoms with Crippen molar-refractivity contribution in [3.8, 4) is 34.3 Å². The number of rotatable bonds is 8. The smallest absolute Gasteiger partial charge is 0.378 e. The average Bonchev–Trinajstić information content (AvgIpc) is 3.51. The Morgan fingerprint density at radius 1 is 1.03 bits per heavy atom. The van der Waals surface area contributed by atoms with E-state index in [1.807, 2.05) is 0 Å². The number of amides is 1. The fourth-order valence-corrected chi connectivity index (χ4v) is 3.82. The van der Waals surface area contributed by atoms with Crippen LogP contribution in [0.25, 0.3) is 34.3 Å². The Labute approximate surface area is 208 Å². The molecule has 0 radical (unpaired) electrons. The largest absolute Gasteiger partial charge is 0.422 e. The van der Waals surface area contributed by atoms with Crippen molar-refractivity contribution in [2.24, 2.45) is 0 Å². The van der Waals surface area contributed by atoms with Crippen LogP contribution >= 0.6 is 0 Å². The van der Waals surface area contributed by atoms with Crippen LogP contribution in [-0.4, -0.2) is 53.3 Å². The van der Waals surface area contributed by atoms with E-state index >= 15 is 0 Å². The summed E-state index contributed by atoms with van der Waals surface area (Å²) in [5, 5.41) is 19.8. The zero-order valence-corrected chi connectivity index (χ0v) is 19.9. The summed E-state index contributed by atoms with van der Waals surface area (Å²) in [6.07, 6.45) is -5.38. The molecule has 2 N–H and O–H groups in total. The minimum atomic E-state index is -4.82. The molecule has 4 rings (SSSR count). The molecule has 2 aromatic heterocycles. The highest BCUT2D eigenvalue weighted by atomic mass is 32.2. The molecule has 10 nitrogen and oxygen atoms in total. The quantitative estimate of drug-likeness (QED) is 0.346. The molecule has 0 unspecified atom stereocenters. The van der Waals surface area contributed by atoms with Crippen molar-refractivity contribution in [2.45, 2.75) is 12.3 Å². The number of nitrogens with one attached hydrogen (secondary N) is 1. The van der Waals surface area contributed by atoms with Gasteiger partial charge in [-0.1, -0.05) is 64.9 Å². The van der Waals surface area contributed by atoms with Gasteiger partial charge in [0.15, 0.2) is 6.10 Å². The number of aliphatic hydroxyl groups excluding tert-OH is 1. The third kappa shape index (κ3) is 6.03. The zero-order chi connectivity index (χ0) is 26.8. The van der Waals surface area contributed by atoms with Crippen LogP contribution in [-0.2, 0) is 20.8 Å². The molecule has 14 heteroatoms. The van der Waals surface area contributed by atoms with Crippen LogP contribution in [0.15, 0.2) is 63.6 Å². The molecule has 0 bridgehead atoms. The highest BCUT2D eigenvalue weighted by Gasteiger charge is 2.43. The van der Waals surface area contributed by atoms with Crippen molar-refractivity contribution in [3.63, 3.8) is 0 Å². The van der Waals surface area contributed by atoms with E-state index in [1.165, 1.54) is 36.4 Å². The summed E-state index contributed by atoms with van der Waals surface area (Å²) < 4.78 is 74.0. The van der Waals surface area contributed by atoms with Gasteiger partial charge < -0.3 is 19.5 Å². The summed E-state index contributed by atoms with van der Waals surface area (Å²) in [7, 11) is -3.28. The number of hydrogen-bond donors (Lipinski definition) is 2. The van der Waals surface area contributed by atoms with E-state index in [0.29, 0.717) is 5.56 Å². The molecule has 1 atom stereocenters. The first-order valence-electron chi connectivity index (χ1n) is 10.6. The lowest BCUT2D eigenvalue weighted by Crippen LogP contribution is -2.33. The second-order valence-electron chi connectivity index (χ2n) is 7.97. The Morgan fingerprint density at radius 3 is 2.32 bits per heavy atom. The van der Waals surface area contributed by atoms with Gasteiger partial charge in [-0.3, -0.25) is 4.79 Å². The number of hydrogen-bond acceptors (Lipinski definition) is 9. The summed E-state index contributed by atoms with van der Waals surface area (Å²) >= 11 is 0. The first-order valence-corrected chi connectivity index (χ1v) is 12.7. The molecule has 2 heterocycles. The summed E-state index contributed by atoms with van der Waals surface area (Å²) in [6, 6.07) is 13.3. The Kier molecular flexibility index (Phi) is 7.14. The van der Waals surface area contributed by atoms with E-state index in [0.717, 1.165) is 6.26 Å². The van der Waals surface area contributed by atoms with Crippen LogP contribution in [0.3, 0.4) is 0 Å². The molecule has 0 spiro atoms. The fraction of sp³-hybridized carbons (Fsp3) is 0.217. The molecule has 37 heavy (non-hydrogen) atoms. The SMILES string of the molecule is CS(=O)(=O)CCNC(=O)[C@H](O)c1ccc(-c2noc(-c3onc(-c4ccccc4)c3C(F)(F)F)n2)cc1. The van der Waals surface area contributed by atoms with Gasteiger partial charge in [0.25, 0.3) is 11.8 Å². The number of nitrogens with zero attached hydrogens (tertiary/aromatic N) is 3. The summed E-state index contributed by atoms with van der Waals surface area (Å²) in [4.78, 5) is 16.1. The van der Waals surface area contributed by atoms with Gasteiger partial charge in [0.1, 0.15) is 21.1 Å². The lowest BCUT2D eigenvalue weighted by molar-refractivity contribution is -0.137. The Bertz CT molecular complexity index is 1500. The number of alkyl halides is 3. The molecular formula is C23H19F3N4O6S. The summed E-state index contributed by atoms with van der Waals surface area (Å²) in [5.41, 5.74) is -0.879. The molecule has 2 aromatic carbocycles. The standard InChI is InChI=1S/C23H19F3N4O6S/c1-37(33,34)12-11-27-21(32)18(31)14-7-9-15(10-8-14)20-28-22(36-30-20)19-16(23(24,25)26)17(29-35-19)13-5-3-2-4-6-13/h2-10,18,31H,11-12H2,1H3,(H,27,32)/t18-/m1/s1. The Morgan fingerprint density at radius 2 is 1.70 bits per heavy atom. The van der Waals surface area contributed by atoms with E-state index in [2.05, 4.69) is 20.6 Å². The first kappa shape index (κ1) is 26.0. The van der Waals surface area contributed by atoms with Gasteiger partial charge in [0.2, 0.25) is 11.6 Å². The molecule has 0 fully saturated rings. The number of aromatic nitrogens is 3. The van der Waals surface area contributed by atoms with Gasteiger partial charge in [0.05, 0.1) is 5.75 Å². The molecule has 4 aromatic rings. The van der Waals surface area contributed by atoms with Crippen molar-refractivity contribution in [1.82, 2.24) is 20.6 Å². The number of halogens is 3. The molecular weight excluding hydrogens is 517 g/mol. The van der Waals surface area contributed by atoms with Crippen LogP contribution in [0.4, 0.5) is 13.2 Å². The lowest BCUT2D eigenvalue weighted by Gasteiger charge is -2.11. The van der Waals surface area contributed by atoms with E-state index in [1.54, 1.807) is 18.2 Å². The number of sulfone groups is 1. The second kappa shape index (κ2) is 10.1. The zero-order valence-electron chi connectivity index (χ0n) is 19.1. The van der Waals surface area contributed by atoms with E-state index in [9.17, 15) is 31.5 Å². The number of carbonyl (C=O) groups is 1. The topological polar surface area (TPSA) is 148 Å². The van der Waals surface area contributed by atoms with Crippen LogP contribution in [0.1, 0.15) is 17.2 Å². The molecule has 0 aliphatic carbocycles. The van der Waals surface area contributed by atoms with Gasteiger partial charge in [-0.15, -0.1) is 0 Å². The number of carbonyl (C=O) groups excluding carboxylic acids is 1. The van der Waals surface area contributed by atoms with E-state index < -0.39 is 50.9 Å². The predicted octanol–water partition coefficient (Wildman–Crippen LogP) is 3.27. The van der Waals surface area contributed by atoms with Crippen molar-refractivity contribution in [2.75, 3.05) is 18.6 Å². The third-order valence-electron chi connectivity index (χ3n) is 5.15. The summed E-state index contributed by atoms with van der Waals surface area (Å²) in [5.74, 6) is -2.41. The molecule has 0 aliphatic heterocycles. The maximum absolute atomic E-state index is 13.9. The molecule has 194 valence electrons. The van der Waals surface area contributed by atoms with Crippen LogP contribution < -0.4 is 5.32 Å². The Balaban J connectivity index is 1.55. The van der Waals surface area contributed by atoms with E-state index in [-0.39, 0.29) is 29.2 Å². The maximum atomic E-state index is 13.9. The number of aliphatic hydroxyl groups is 1. The highest BCUT2D eigenvalue weighted by Crippen LogP contribution is 2.43. The van der Waals surface area contributed by atoms with Crippen LogP contribution in [0, 0.1) is 0 Å². The molecule has 0 saturated heterocycles. The predicted molar refractivity (Wildman–Crippen MR) is 123 cm³/mol. The summed E-state index contributed by atoms with van der Waals surface area (Å²) in [6.45, 7) is -0.161. The van der Waals surface area contributed by atoms with Gasteiger partial charge in [-0.25, -0.2) is 8.42 Å². The normalized spacial score (nSPS) is 12.9. The third-order valence-corrected chi connectivity index (χ3v) is 6.09. The monoisotopic (exact) mass is 536 g/mol. The molecule has 0 aliphatic rings. The van der Waals surface area contributed by atoms with Crippen molar-refractivity contribution in [3.05, 3.63) is 65.7 Å². The molecule has 0 saturated carbocycles. The second-order valence-corrected chi connectivity index (χ2v) is 10.2. The van der Waals surface area contributed by atoms with Gasteiger partial charge in [-0.2, -0.15) is 18.2 Å². The van der Waals surface area contributed by atoms with E-state index in [4.69, 9.17) is 9.05 Å². The minimum absolute atomic E-state index is 0.0700. The van der Waals surface area contributed by atoms with Gasteiger partial charge in [-0.05, 0) is 5.56 Å². The fourth-order valence-electron chi connectivity index (χ4n) is 3.35. The van der Waals surface area contributed by atoms with Crippen LogP contribution in [0.2, 0.25) is 0 Å². The van der Waals surface area contributed by atoms with Crippen molar-refractivity contribution in [1.29, 1.82) is 0 Å². The Hall–Kier alpha value is -4.04. The minimum Gasteiger partial charge on any atom is -0.378 e. The van der Waals surface area contributed by atoms with Crippen molar-refractivity contribution < 1.29 is 40.5 Å². The van der Waals surface area contributed by atoms with Gasteiger partial charge in [0, 0.05) is 23.9 Å². The first-order chi connectivity index (χ1) is 17.4. The average molecular weight is 536 g/mol. The highest BCUT2D eigenvalue weighted by molar-refractivity contribution is 7.90. The van der Waals surface area contributed by atoms with Crippen molar-refractivity contribution >= 4 is 15.7 Å². The maximum Gasteiger partial charge on any atom is 0.422 e. The molecule has 1 amide bonds. The lowest BCUT2D eigenvalue weighted by atomic mass is 10.1. The number of benzene rings is 2. The van der Waals surface area contributed by atoms with Gasteiger partial charge >= 0.3 is 6.18 Å².